The molecule has 0 saturated carbocycles. The lowest BCUT2D eigenvalue weighted by atomic mass is 10.0. The van der Waals surface area contributed by atoms with Crippen LogP contribution in [0.1, 0.15) is 37.4 Å². The summed E-state index contributed by atoms with van der Waals surface area (Å²) >= 11 is 0. The van der Waals surface area contributed by atoms with Gasteiger partial charge in [0.05, 0.1) is 32.2 Å². The number of aryl methyl sites for hydroxylation is 1. The highest BCUT2D eigenvalue weighted by molar-refractivity contribution is 7.92. The van der Waals surface area contributed by atoms with Crippen LogP contribution in [-0.4, -0.2) is 40.8 Å². The molecule has 30 heavy (non-hydrogen) atoms. The molecule has 1 N–H and O–H groups in total. The van der Waals surface area contributed by atoms with Gasteiger partial charge in [-0.3, -0.25) is 9.10 Å². The Hall–Kier alpha value is -2.74. The monoisotopic (exact) mass is 434 g/mol. The summed E-state index contributed by atoms with van der Waals surface area (Å²) in [6, 6.07) is 11.3. The maximum absolute atomic E-state index is 13.0. The lowest BCUT2D eigenvalue weighted by Gasteiger charge is -2.30. The standard InChI is InChI=1S/C22H30N2O5S/c1-7-19(17-10-13-20(28-4)21(14-17)29-5)23-22(25)16(3)24(30(6,26)27)18-11-8-15(2)9-12-18/h8-14,16,19H,7H2,1-6H3,(H,23,25). The Morgan fingerprint density at radius 3 is 2.17 bits per heavy atom. The van der Waals surface area contributed by atoms with Crippen molar-refractivity contribution < 1.29 is 22.7 Å². The zero-order valence-electron chi connectivity index (χ0n) is 18.3. The topological polar surface area (TPSA) is 84.9 Å². The van der Waals surface area contributed by atoms with Gasteiger partial charge in [0.1, 0.15) is 6.04 Å². The summed E-state index contributed by atoms with van der Waals surface area (Å²) in [4.78, 5) is 13.0. The molecule has 0 aromatic heterocycles. The van der Waals surface area contributed by atoms with Crippen LogP contribution in [0.4, 0.5) is 5.69 Å². The van der Waals surface area contributed by atoms with Crippen LogP contribution < -0.4 is 19.1 Å². The van der Waals surface area contributed by atoms with E-state index in [-0.39, 0.29) is 11.9 Å². The summed E-state index contributed by atoms with van der Waals surface area (Å²) in [5.74, 6) is 0.772. The summed E-state index contributed by atoms with van der Waals surface area (Å²) in [7, 11) is -0.557. The quantitative estimate of drug-likeness (QED) is 0.654. The third kappa shape index (κ3) is 5.44. The van der Waals surface area contributed by atoms with Gasteiger partial charge in [0, 0.05) is 0 Å². The first-order chi connectivity index (χ1) is 14.1. The van der Waals surface area contributed by atoms with E-state index in [1.54, 1.807) is 39.3 Å². The number of nitrogens with zero attached hydrogens (tertiary/aromatic N) is 1. The van der Waals surface area contributed by atoms with Crippen LogP contribution in [0.25, 0.3) is 0 Å². The van der Waals surface area contributed by atoms with Gasteiger partial charge in [-0.15, -0.1) is 0 Å². The zero-order valence-corrected chi connectivity index (χ0v) is 19.1. The average molecular weight is 435 g/mol. The molecular formula is C22H30N2O5S. The number of nitrogens with one attached hydrogen (secondary N) is 1. The van der Waals surface area contributed by atoms with Gasteiger partial charge in [-0.25, -0.2) is 8.42 Å². The molecule has 7 nitrogen and oxygen atoms in total. The van der Waals surface area contributed by atoms with Gasteiger partial charge in [0.2, 0.25) is 15.9 Å². The largest absolute Gasteiger partial charge is 0.493 e. The Bertz CT molecular complexity index is 974. The highest BCUT2D eigenvalue weighted by Gasteiger charge is 2.30. The minimum Gasteiger partial charge on any atom is -0.493 e. The molecule has 0 heterocycles. The first-order valence-electron chi connectivity index (χ1n) is 9.70. The number of anilines is 1. The second-order valence-corrected chi connectivity index (χ2v) is 9.01. The number of rotatable bonds is 9. The van der Waals surface area contributed by atoms with E-state index in [4.69, 9.17) is 9.47 Å². The number of carbonyl (C=O) groups excluding carboxylic acids is 1. The van der Waals surface area contributed by atoms with Crippen LogP contribution in [-0.2, 0) is 14.8 Å². The molecule has 2 aromatic rings. The number of benzene rings is 2. The molecule has 0 bridgehead atoms. The number of sulfonamides is 1. The smallest absolute Gasteiger partial charge is 0.244 e. The fraction of sp³-hybridized carbons (Fsp3) is 0.409. The van der Waals surface area contributed by atoms with E-state index in [1.807, 2.05) is 38.1 Å². The number of carbonyl (C=O) groups is 1. The maximum atomic E-state index is 13.0. The van der Waals surface area contributed by atoms with Crippen molar-refractivity contribution in [3.63, 3.8) is 0 Å². The summed E-state index contributed by atoms with van der Waals surface area (Å²) < 4.78 is 36.7. The van der Waals surface area contributed by atoms with Crippen molar-refractivity contribution >= 4 is 21.6 Å². The third-order valence-corrected chi connectivity index (χ3v) is 6.15. The first-order valence-corrected chi connectivity index (χ1v) is 11.6. The Morgan fingerprint density at radius 1 is 1.07 bits per heavy atom. The number of amides is 1. The van der Waals surface area contributed by atoms with Crippen molar-refractivity contribution in [3.05, 3.63) is 53.6 Å². The zero-order chi connectivity index (χ0) is 22.5. The van der Waals surface area contributed by atoms with Crippen molar-refractivity contribution in [2.45, 2.75) is 39.3 Å². The van der Waals surface area contributed by atoms with Crippen molar-refractivity contribution in [3.8, 4) is 11.5 Å². The molecule has 0 radical (unpaired) electrons. The van der Waals surface area contributed by atoms with Crippen molar-refractivity contribution in [2.75, 3.05) is 24.8 Å². The molecule has 0 saturated heterocycles. The summed E-state index contributed by atoms with van der Waals surface area (Å²) in [6.45, 7) is 5.44. The molecule has 0 fully saturated rings. The molecule has 2 atom stereocenters. The van der Waals surface area contributed by atoms with Crippen molar-refractivity contribution in [1.29, 1.82) is 0 Å². The van der Waals surface area contributed by atoms with E-state index in [0.29, 0.717) is 23.6 Å². The molecule has 2 unspecified atom stereocenters. The molecule has 0 aliphatic rings. The lowest BCUT2D eigenvalue weighted by Crippen LogP contribution is -2.48. The minimum atomic E-state index is -3.67. The minimum absolute atomic E-state index is 0.306. The number of hydrogen-bond acceptors (Lipinski definition) is 5. The molecule has 8 heteroatoms. The van der Waals surface area contributed by atoms with Gasteiger partial charge < -0.3 is 14.8 Å². The molecule has 0 aliphatic heterocycles. The van der Waals surface area contributed by atoms with Gasteiger partial charge in [-0.2, -0.15) is 0 Å². The number of methoxy groups -OCH3 is 2. The summed E-state index contributed by atoms with van der Waals surface area (Å²) in [6.07, 6.45) is 1.72. The Kier molecular flexibility index (Phi) is 7.72. The molecule has 2 aromatic carbocycles. The van der Waals surface area contributed by atoms with Crippen LogP contribution in [0.15, 0.2) is 42.5 Å². The second-order valence-electron chi connectivity index (χ2n) is 7.15. The van der Waals surface area contributed by atoms with Crippen LogP contribution in [0.2, 0.25) is 0 Å². The Balaban J connectivity index is 2.29. The lowest BCUT2D eigenvalue weighted by molar-refractivity contribution is -0.122. The molecular weight excluding hydrogens is 404 g/mol. The van der Waals surface area contributed by atoms with Crippen molar-refractivity contribution in [2.24, 2.45) is 0 Å². The van der Waals surface area contributed by atoms with Crippen LogP contribution >= 0.6 is 0 Å². The van der Waals surface area contributed by atoms with Crippen molar-refractivity contribution in [1.82, 2.24) is 5.32 Å². The summed E-state index contributed by atoms with van der Waals surface area (Å²) in [5.41, 5.74) is 2.30. The predicted octanol–water partition coefficient (Wildman–Crippen LogP) is 3.43. The second kappa shape index (κ2) is 9.84. The Morgan fingerprint density at radius 2 is 1.67 bits per heavy atom. The normalized spacial score (nSPS) is 13.3. The molecule has 0 aliphatic carbocycles. The number of hydrogen-bond donors (Lipinski definition) is 1. The van der Waals surface area contributed by atoms with Crippen LogP contribution in [0.5, 0.6) is 11.5 Å². The Labute approximate surface area is 179 Å². The first kappa shape index (κ1) is 23.5. The van der Waals surface area contributed by atoms with E-state index < -0.39 is 16.1 Å². The maximum Gasteiger partial charge on any atom is 0.244 e. The van der Waals surface area contributed by atoms with E-state index in [9.17, 15) is 13.2 Å². The molecule has 0 spiro atoms. The highest BCUT2D eigenvalue weighted by Crippen LogP contribution is 2.31. The van der Waals surface area contributed by atoms with Gasteiger partial charge >= 0.3 is 0 Å². The third-order valence-electron chi connectivity index (χ3n) is 4.91. The average Bonchev–Trinajstić information content (AvgIpc) is 2.71. The van der Waals surface area contributed by atoms with E-state index >= 15 is 0 Å². The van der Waals surface area contributed by atoms with Gasteiger partial charge in [-0.05, 0) is 50.1 Å². The summed E-state index contributed by atoms with van der Waals surface area (Å²) in [5, 5.41) is 2.96. The number of ether oxygens (including phenoxy) is 2. The fourth-order valence-corrected chi connectivity index (χ4v) is 4.46. The van der Waals surface area contributed by atoms with Gasteiger partial charge in [0.25, 0.3) is 0 Å². The fourth-order valence-electron chi connectivity index (χ4n) is 3.28. The van der Waals surface area contributed by atoms with E-state index in [0.717, 1.165) is 21.7 Å². The van der Waals surface area contributed by atoms with E-state index in [2.05, 4.69) is 5.32 Å². The molecule has 164 valence electrons. The molecule has 2 rings (SSSR count). The SMILES string of the molecule is CCC(NC(=O)C(C)N(c1ccc(C)cc1)S(C)(=O)=O)c1ccc(OC)c(OC)c1. The van der Waals surface area contributed by atoms with E-state index in [1.165, 1.54) is 0 Å². The van der Waals surface area contributed by atoms with Gasteiger partial charge in [-0.1, -0.05) is 30.7 Å². The van der Waals surface area contributed by atoms with Gasteiger partial charge in [0.15, 0.2) is 11.5 Å². The van der Waals surface area contributed by atoms with Crippen LogP contribution in [0, 0.1) is 6.92 Å². The predicted molar refractivity (Wildman–Crippen MR) is 119 cm³/mol. The molecule has 1 amide bonds. The van der Waals surface area contributed by atoms with Crippen LogP contribution in [0.3, 0.4) is 0 Å². The highest BCUT2D eigenvalue weighted by atomic mass is 32.2.